The number of carbonyl (C=O) groups excluding carboxylic acids is 2. The fraction of sp³-hybridized carbons (Fsp3) is 0.375. The molecule has 5 heteroatoms. The van der Waals surface area contributed by atoms with Crippen LogP contribution in [0.1, 0.15) is 34.7 Å². The molecule has 5 nitrogen and oxygen atoms in total. The van der Waals surface area contributed by atoms with Crippen LogP contribution in [0, 0.1) is 0 Å². The first-order chi connectivity index (χ1) is 6.16. The maximum atomic E-state index is 11.2. The Balaban J connectivity index is 2.93. The third-order valence-corrected chi connectivity index (χ3v) is 1.50. The van der Waals surface area contributed by atoms with E-state index < -0.39 is 5.97 Å². The number of hydrogen-bond donors (Lipinski definition) is 1. The van der Waals surface area contributed by atoms with Gasteiger partial charge in [0.1, 0.15) is 0 Å². The summed E-state index contributed by atoms with van der Waals surface area (Å²) in [6.07, 6.45) is 1.31. The smallest absolute Gasteiger partial charge is 0.357 e. The first-order valence-electron chi connectivity index (χ1n) is 3.88. The Morgan fingerprint density at radius 2 is 2.31 bits per heavy atom. The normalized spacial score (nSPS) is 9.69. The molecule has 13 heavy (non-hydrogen) atoms. The lowest BCUT2D eigenvalue weighted by Gasteiger charge is -1.99. The molecule has 0 aliphatic rings. The molecule has 0 aromatic carbocycles. The summed E-state index contributed by atoms with van der Waals surface area (Å²) in [7, 11) is 0. The molecule has 0 aliphatic heterocycles. The summed E-state index contributed by atoms with van der Waals surface area (Å²) in [5, 5.41) is 6.03. The van der Waals surface area contributed by atoms with E-state index in [0.717, 1.165) is 0 Å². The average molecular weight is 182 g/mol. The van der Waals surface area contributed by atoms with E-state index in [1.165, 1.54) is 13.1 Å². The molecule has 70 valence electrons. The maximum absolute atomic E-state index is 11.2. The number of carbonyl (C=O) groups is 2. The molecule has 0 saturated heterocycles. The van der Waals surface area contributed by atoms with E-state index in [1.54, 1.807) is 6.92 Å². The monoisotopic (exact) mass is 182 g/mol. The van der Waals surface area contributed by atoms with E-state index in [4.69, 9.17) is 4.74 Å². The molecule has 0 atom stereocenters. The van der Waals surface area contributed by atoms with Gasteiger partial charge in [-0.15, -0.1) is 0 Å². The van der Waals surface area contributed by atoms with Crippen molar-refractivity contribution in [1.29, 1.82) is 0 Å². The van der Waals surface area contributed by atoms with E-state index in [9.17, 15) is 9.59 Å². The van der Waals surface area contributed by atoms with Gasteiger partial charge < -0.3 is 4.74 Å². The standard InChI is InChI=1S/C8H10N2O3/c1-3-13-8(12)7-6(5(2)11)4-9-10-7/h4H,3H2,1-2H3,(H,9,10). The number of aromatic amines is 1. The predicted octanol–water partition coefficient (Wildman–Crippen LogP) is 0.789. The summed E-state index contributed by atoms with van der Waals surface area (Å²) < 4.78 is 4.71. The largest absolute Gasteiger partial charge is 0.461 e. The zero-order chi connectivity index (χ0) is 9.84. The van der Waals surface area contributed by atoms with E-state index in [-0.39, 0.29) is 23.6 Å². The molecule has 0 unspecified atom stereocenters. The highest BCUT2D eigenvalue weighted by Crippen LogP contribution is 2.06. The van der Waals surface area contributed by atoms with Crippen LogP contribution in [0.3, 0.4) is 0 Å². The van der Waals surface area contributed by atoms with E-state index in [0.29, 0.717) is 0 Å². The predicted molar refractivity (Wildman–Crippen MR) is 44.5 cm³/mol. The van der Waals surface area contributed by atoms with Crippen LogP contribution in [0.25, 0.3) is 0 Å². The first kappa shape index (κ1) is 9.44. The lowest BCUT2D eigenvalue weighted by Crippen LogP contribution is -2.09. The van der Waals surface area contributed by atoms with Gasteiger partial charge in [-0.3, -0.25) is 9.89 Å². The van der Waals surface area contributed by atoms with Crippen molar-refractivity contribution >= 4 is 11.8 Å². The zero-order valence-electron chi connectivity index (χ0n) is 7.46. The first-order valence-corrected chi connectivity index (χ1v) is 3.88. The van der Waals surface area contributed by atoms with Crippen LogP contribution >= 0.6 is 0 Å². The number of esters is 1. The van der Waals surface area contributed by atoms with Gasteiger partial charge in [0.15, 0.2) is 11.5 Å². The number of H-pyrrole nitrogens is 1. The third kappa shape index (κ3) is 1.93. The molecule has 0 fully saturated rings. The Morgan fingerprint density at radius 3 is 2.85 bits per heavy atom. The highest BCUT2D eigenvalue weighted by molar-refractivity contribution is 6.03. The Labute approximate surface area is 75.1 Å². The van der Waals surface area contributed by atoms with Gasteiger partial charge in [0.2, 0.25) is 0 Å². The quantitative estimate of drug-likeness (QED) is 0.554. The third-order valence-electron chi connectivity index (χ3n) is 1.50. The Morgan fingerprint density at radius 1 is 1.62 bits per heavy atom. The summed E-state index contributed by atoms with van der Waals surface area (Å²) in [6, 6.07) is 0. The van der Waals surface area contributed by atoms with Gasteiger partial charge in [-0.05, 0) is 13.8 Å². The number of ether oxygens (including phenoxy) is 1. The fourth-order valence-electron chi connectivity index (χ4n) is 0.912. The number of rotatable bonds is 3. The summed E-state index contributed by atoms with van der Waals surface area (Å²) >= 11 is 0. The molecule has 1 aromatic rings. The van der Waals surface area contributed by atoms with Crippen LogP contribution < -0.4 is 0 Å². The fourth-order valence-corrected chi connectivity index (χ4v) is 0.912. The Bertz CT molecular complexity index is 330. The average Bonchev–Trinajstić information content (AvgIpc) is 2.52. The van der Waals surface area contributed by atoms with Crippen LogP contribution in [0.5, 0.6) is 0 Å². The van der Waals surface area contributed by atoms with Crippen molar-refractivity contribution in [2.45, 2.75) is 13.8 Å². The number of aromatic nitrogens is 2. The van der Waals surface area contributed by atoms with Crippen LogP contribution in [0.4, 0.5) is 0 Å². The number of nitrogens with zero attached hydrogens (tertiary/aromatic N) is 1. The van der Waals surface area contributed by atoms with Crippen molar-refractivity contribution in [2.75, 3.05) is 6.61 Å². The number of nitrogens with one attached hydrogen (secondary N) is 1. The molecule has 0 aliphatic carbocycles. The highest BCUT2D eigenvalue weighted by atomic mass is 16.5. The van der Waals surface area contributed by atoms with Crippen molar-refractivity contribution in [1.82, 2.24) is 10.2 Å². The molecule has 1 heterocycles. The van der Waals surface area contributed by atoms with Gasteiger partial charge in [-0.1, -0.05) is 0 Å². The van der Waals surface area contributed by atoms with Gasteiger partial charge in [-0.2, -0.15) is 5.10 Å². The summed E-state index contributed by atoms with van der Waals surface area (Å²) in [4.78, 5) is 22.2. The van der Waals surface area contributed by atoms with Crippen molar-refractivity contribution in [3.63, 3.8) is 0 Å². The number of hydrogen-bond acceptors (Lipinski definition) is 4. The minimum Gasteiger partial charge on any atom is -0.461 e. The second kappa shape index (κ2) is 3.84. The van der Waals surface area contributed by atoms with Crippen molar-refractivity contribution in [2.24, 2.45) is 0 Å². The molecule has 0 amide bonds. The zero-order valence-corrected chi connectivity index (χ0v) is 7.46. The van der Waals surface area contributed by atoms with Crippen molar-refractivity contribution in [3.05, 3.63) is 17.5 Å². The summed E-state index contributed by atoms with van der Waals surface area (Å²) in [6.45, 7) is 3.34. The van der Waals surface area contributed by atoms with Crippen LogP contribution in [-0.2, 0) is 4.74 Å². The highest BCUT2D eigenvalue weighted by Gasteiger charge is 2.17. The second-order valence-electron chi connectivity index (χ2n) is 2.44. The molecule has 0 radical (unpaired) electrons. The van der Waals surface area contributed by atoms with Crippen molar-refractivity contribution in [3.8, 4) is 0 Å². The van der Waals surface area contributed by atoms with Gasteiger partial charge in [0.25, 0.3) is 0 Å². The van der Waals surface area contributed by atoms with E-state index >= 15 is 0 Å². The molecule has 0 spiro atoms. The molecule has 0 saturated carbocycles. The van der Waals surface area contributed by atoms with Gasteiger partial charge >= 0.3 is 5.97 Å². The van der Waals surface area contributed by atoms with E-state index in [1.807, 2.05) is 0 Å². The lowest BCUT2D eigenvalue weighted by atomic mass is 10.2. The van der Waals surface area contributed by atoms with E-state index in [2.05, 4.69) is 10.2 Å². The topological polar surface area (TPSA) is 72.1 Å². The molecular formula is C8H10N2O3. The van der Waals surface area contributed by atoms with Gasteiger partial charge in [0, 0.05) is 0 Å². The molecular weight excluding hydrogens is 172 g/mol. The van der Waals surface area contributed by atoms with Gasteiger partial charge in [0.05, 0.1) is 18.4 Å². The maximum Gasteiger partial charge on any atom is 0.357 e. The number of Topliss-reactive ketones (excluding diaryl/α,β-unsaturated/α-hetero) is 1. The molecule has 1 rings (SSSR count). The molecule has 1 aromatic heterocycles. The lowest BCUT2D eigenvalue weighted by molar-refractivity contribution is 0.0516. The number of ketones is 1. The second-order valence-corrected chi connectivity index (χ2v) is 2.44. The Hall–Kier alpha value is -1.65. The summed E-state index contributed by atoms with van der Waals surface area (Å²) in [5.74, 6) is -0.762. The van der Waals surface area contributed by atoms with Crippen LogP contribution in [0.2, 0.25) is 0 Å². The Kier molecular flexibility index (Phi) is 2.79. The summed E-state index contributed by atoms with van der Waals surface area (Å²) in [5.41, 5.74) is 0.382. The minimum absolute atomic E-state index is 0.120. The van der Waals surface area contributed by atoms with Crippen LogP contribution in [-0.4, -0.2) is 28.6 Å². The molecule has 0 bridgehead atoms. The van der Waals surface area contributed by atoms with Crippen LogP contribution in [0.15, 0.2) is 6.20 Å². The van der Waals surface area contributed by atoms with Crippen molar-refractivity contribution < 1.29 is 14.3 Å². The molecule has 1 N–H and O–H groups in total. The SMILES string of the molecule is CCOC(=O)c1[nH]ncc1C(C)=O. The minimum atomic E-state index is -0.551. The van der Waals surface area contributed by atoms with Gasteiger partial charge in [-0.25, -0.2) is 4.79 Å².